The molecular weight excluding hydrogens is 518 g/mol. The first-order valence-corrected chi connectivity index (χ1v) is 12.7. The summed E-state index contributed by atoms with van der Waals surface area (Å²) in [4.78, 5) is 28.3. The van der Waals surface area contributed by atoms with Gasteiger partial charge in [0.15, 0.2) is 0 Å². The van der Waals surface area contributed by atoms with Crippen molar-refractivity contribution in [1.82, 2.24) is 0 Å². The van der Waals surface area contributed by atoms with Gasteiger partial charge in [-0.25, -0.2) is 0 Å². The van der Waals surface area contributed by atoms with Gasteiger partial charge in [0.2, 0.25) is 0 Å². The largest absolute Gasteiger partial charge is 0.507 e. The average molecular weight is 548 g/mol. The fraction of sp³-hybridized carbons (Fsp3) is 0.267. The van der Waals surface area contributed by atoms with Gasteiger partial charge in [-0.3, -0.25) is 14.5 Å². The number of carbonyl (C=O) groups excluding carboxylic acids is 2. The van der Waals surface area contributed by atoms with Crippen LogP contribution in [0.4, 0.5) is 5.69 Å². The summed E-state index contributed by atoms with van der Waals surface area (Å²) < 4.78 is 6.53. The number of nitrogens with zero attached hydrogens (tertiary/aromatic N) is 1. The number of halogens is 1. The standard InChI is InChI=1S/C30H30BrNO4/c1-6-36-23-9-7-8-22(17-23)32-26(19-10-13-21(14-11-19)30(3,4)5)25(28(34)29(32)35)27(33)20-12-15-24(31)18(2)16-20/h7-17,26,33H,6H2,1-5H3/b27-25+. The molecule has 186 valence electrons. The van der Waals surface area contributed by atoms with Crippen LogP contribution in [0.2, 0.25) is 0 Å². The third-order valence-corrected chi connectivity index (χ3v) is 7.26. The summed E-state index contributed by atoms with van der Waals surface area (Å²) in [7, 11) is 0. The molecule has 1 aliphatic rings. The Bertz CT molecular complexity index is 1350. The number of aliphatic hydroxyl groups is 1. The summed E-state index contributed by atoms with van der Waals surface area (Å²) >= 11 is 3.48. The summed E-state index contributed by atoms with van der Waals surface area (Å²) in [5.41, 5.74) is 3.79. The fourth-order valence-corrected chi connectivity index (χ4v) is 4.66. The molecule has 1 aliphatic heterocycles. The van der Waals surface area contributed by atoms with E-state index in [4.69, 9.17) is 4.74 Å². The van der Waals surface area contributed by atoms with Crippen LogP contribution in [-0.2, 0) is 15.0 Å². The topological polar surface area (TPSA) is 66.8 Å². The third kappa shape index (κ3) is 4.82. The van der Waals surface area contributed by atoms with E-state index < -0.39 is 17.7 Å². The zero-order chi connectivity index (χ0) is 26.2. The van der Waals surface area contributed by atoms with Gasteiger partial charge in [-0.2, -0.15) is 0 Å². The van der Waals surface area contributed by atoms with Crippen LogP contribution in [0.5, 0.6) is 5.75 Å². The molecule has 1 fully saturated rings. The maximum atomic E-state index is 13.4. The first-order chi connectivity index (χ1) is 17.0. The Kier molecular flexibility index (Phi) is 7.10. The number of hydrogen-bond donors (Lipinski definition) is 1. The highest BCUT2D eigenvalue weighted by molar-refractivity contribution is 9.10. The molecule has 3 aromatic carbocycles. The lowest BCUT2D eigenvalue weighted by Gasteiger charge is -2.27. The molecule has 6 heteroatoms. The molecule has 0 radical (unpaired) electrons. The number of carbonyl (C=O) groups is 2. The predicted octanol–water partition coefficient (Wildman–Crippen LogP) is 7.08. The molecule has 0 aromatic heterocycles. The Morgan fingerprint density at radius 3 is 2.33 bits per heavy atom. The van der Waals surface area contributed by atoms with E-state index in [0.29, 0.717) is 23.6 Å². The number of ether oxygens (including phenoxy) is 1. The van der Waals surface area contributed by atoms with Crippen molar-refractivity contribution in [3.8, 4) is 5.75 Å². The molecule has 1 atom stereocenters. The molecule has 1 N–H and O–H groups in total. The summed E-state index contributed by atoms with van der Waals surface area (Å²) in [6, 6.07) is 19.5. The lowest BCUT2D eigenvalue weighted by molar-refractivity contribution is -0.132. The van der Waals surface area contributed by atoms with Crippen LogP contribution >= 0.6 is 15.9 Å². The van der Waals surface area contributed by atoms with Gasteiger partial charge in [0.1, 0.15) is 11.5 Å². The Morgan fingerprint density at radius 2 is 1.72 bits per heavy atom. The molecule has 36 heavy (non-hydrogen) atoms. The summed E-state index contributed by atoms with van der Waals surface area (Å²) in [5.74, 6) is -1.01. The van der Waals surface area contributed by atoms with Crippen molar-refractivity contribution in [3.05, 3.63) is 99.0 Å². The van der Waals surface area contributed by atoms with Gasteiger partial charge in [0.05, 0.1) is 18.2 Å². The van der Waals surface area contributed by atoms with Crippen molar-refractivity contribution in [2.24, 2.45) is 0 Å². The van der Waals surface area contributed by atoms with E-state index in [-0.39, 0.29) is 16.7 Å². The molecule has 0 aliphatic carbocycles. The Hall–Kier alpha value is -3.38. The van der Waals surface area contributed by atoms with Gasteiger partial charge in [0.25, 0.3) is 11.7 Å². The summed E-state index contributed by atoms with van der Waals surface area (Å²) in [5, 5.41) is 11.4. The quantitative estimate of drug-likeness (QED) is 0.210. The molecule has 3 aromatic rings. The average Bonchev–Trinajstić information content (AvgIpc) is 3.10. The van der Waals surface area contributed by atoms with Crippen LogP contribution in [-0.4, -0.2) is 23.4 Å². The van der Waals surface area contributed by atoms with Gasteiger partial charge in [0, 0.05) is 21.8 Å². The van der Waals surface area contributed by atoms with Crippen molar-refractivity contribution < 1.29 is 19.4 Å². The smallest absolute Gasteiger partial charge is 0.300 e. The molecule has 5 nitrogen and oxygen atoms in total. The van der Waals surface area contributed by atoms with E-state index in [9.17, 15) is 14.7 Å². The maximum absolute atomic E-state index is 13.4. The zero-order valence-corrected chi connectivity index (χ0v) is 22.7. The molecular formula is C30H30BrNO4. The number of benzene rings is 3. The lowest BCUT2D eigenvalue weighted by atomic mass is 9.85. The number of aryl methyl sites for hydroxylation is 1. The number of ketones is 1. The Labute approximate surface area is 220 Å². The first kappa shape index (κ1) is 25.7. The second kappa shape index (κ2) is 9.94. The van der Waals surface area contributed by atoms with E-state index in [1.165, 1.54) is 4.90 Å². The Balaban J connectivity index is 1.93. The summed E-state index contributed by atoms with van der Waals surface area (Å²) in [6.07, 6.45) is 0. The van der Waals surface area contributed by atoms with Crippen LogP contribution in [0.25, 0.3) is 5.76 Å². The lowest BCUT2D eigenvalue weighted by Crippen LogP contribution is -2.29. The van der Waals surface area contributed by atoms with Gasteiger partial charge >= 0.3 is 0 Å². The molecule has 4 rings (SSSR count). The minimum Gasteiger partial charge on any atom is -0.507 e. The molecule has 0 bridgehead atoms. The number of amides is 1. The van der Waals surface area contributed by atoms with Crippen LogP contribution in [0, 0.1) is 6.92 Å². The number of hydrogen-bond acceptors (Lipinski definition) is 4. The number of anilines is 1. The van der Waals surface area contributed by atoms with Crippen LogP contribution in [0.1, 0.15) is 56.0 Å². The number of rotatable bonds is 5. The van der Waals surface area contributed by atoms with E-state index in [1.807, 2.05) is 44.2 Å². The second-order valence-corrected chi connectivity index (χ2v) is 10.8. The van der Waals surface area contributed by atoms with Gasteiger partial charge in [-0.05, 0) is 60.2 Å². The third-order valence-electron chi connectivity index (χ3n) is 6.38. The van der Waals surface area contributed by atoms with Gasteiger partial charge in [-0.1, -0.05) is 73.1 Å². The van der Waals surface area contributed by atoms with E-state index in [1.54, 1.807) is 36.4 Å². The highest BCUT2D eigenvalue weighted by atomic mass is 79.9. The second-order valence-electron chi connectivity index (χ2n) is 9.94. The minimum atomic E-state index is -0.792. The molecule has 1 unspecified atom stereocenters. The van der Waals surface area contributed by atoms with Crippen molar-refractivity contribution in [1.29, 1.82) is 0 Å². The van der Waals surface area contributed by atoms with Crippen molar-refractivity contribution >= 4 is 39.1 Å². The normalized spacial score (nSPS) is 17.5. The molecule has 0 spiro atoms. The SMILES string of the molecule is CCOc1cccc(N2C(=O)C(=O)/C(=C(/O)c3ccc(Br)c(C)c3)C2c2ccc(C(C)(C)C)cc2)c1. The van der Waals surface area contributed by atoms with Crippen molar-refractivity contribution in [3.63, 3.8) is 0 Å². The highest BCUT2D eigenvalue weighted by Gasteiger charge is 2.47. The monoisotopic (exact) mass is 547 g/mol. The zero-order valence-electron chi connectivity index (χ0n) is 21.1. The first-order valence-electron chi connectivity index (χ1n) is 11.9. The Morgan fingerprint density at radius 1 is 1.03 bits per heavy atom. The minimum absolute atomic E-state index is 0.0544. The summed E-state index contributed by atoms with van der Waals surface area (Å²) in [6.45, 7) is 10.6. The van der Waals surface area contributed by atoms with Crippen LogP contribution < -0.4 is 9.64 Å². The van der Waals surface area contributed by atoms with E-state index in [2.05, 4.69) is 36.7 Å². The van der Waals surface area contributed by atoms with E-state index >= 15 is 0 Å². The maximum Gasteiger partial charge on any atom is 0.300 e. The van der Waals surface area contributed by atoms with Gasteiger partial charge < -0.3 is 9.84 Å². The van der Waals surface area contributed by atoms with Crippen LogP contribution in [0.15, 0.2) is 76.8 Å². The van der Waals surface area contributed by atoms with Crippen molar-refractivity contribution in [2.45, 2.75) is 46.1 Å². The van der Waals surface area contributed by atoms with Gasteiger partial charge in [-0.15, -0.1) is 0 Å². The van der Waals surface area contributed by atoms with Crippen molar-refractivity contribution in [2.75, 3.05) is 11.5 Å². The molecule has 1 heterocycles. The molecule has 0 saturated carbocycles. The number of Topliss-reactive ketones (excluding diaryl/α,β-unsaturated/α-hetero) is 1. The number of aliphatic hydroxyl groups excluding tert-OH is 1. The molecule has 1 saturated heterocycles. The predicted molar refractivity (Wildman–Crippen MR) is 146 cm³/mol. The molecule has 1 amide bonds. The van der Waals surface area contributed by atoms with E-state index in [0.717, 1.165) is 21.2 Å². The fourth-order valence-electron chi connectivity index (χ4n) is 4.42. The highest BCUT2D eigenvalue weighted by Crippen LogP contribution is 2.43. The van der Waals surface area contributed by atoms with Crippen LogP contribution in [0.3, 0.4) is 0 Å².